The first kappa shape index (κ1) is 10.4. The van der Waals surface area contributed by atoms with Crippen molar-refractivity contribution in [3.63, 3.8) is 0 Å². The summed E-state index contributed by atoms with van der Waals surface area (Å²) in [4.78, 5) is 0. The molecule has 1 aromatic carbocycles. The van der Waals surface area contributed by atoms with Crippen LogP contribution in [0.15, 0.2) is 18.2 Å². The number of benzene rings is 1. The Hall–Kier alpha value is -1.69. The van der Waals surface area contributed by atoms with Gasteiger partial charge < -0.3 is 10.1 Å². The largest absolute Gasteiger partial charge is 0.494 e. The number of rotatable bonds is 3. The first-order chi connectivity index (χ1) is 6.67. The highest BCUT2D eigenvalue weighted by Gasteiger charge is 2.04. The molecule has 0 saturated heterocycles. The van der Waals surface area contributed by atoms with Gasteiger partial charge in [-0.3, -0.25) is 0 Å². The molecule has 0 saturated carbocycles. The predicted molar refractivity (Wildman–Crippen MR) is 54.9 cm³/mol. The van der Waals surface area contributed by atoms with Crippen LogP contribution < -0.4 is 10.1 Å². The molecule has 1 unspecified atom stereocenters. The predicted octanol–water partition coefficient (Wildman–Crippen LogP) is 2.27. The zero-order valence-corrected chi connectivity index (χ0v) is 8.17. The van der Waals surface area contributed by atoms with E-state index in [0.717, 1.165) is 5.69 Å². The lowest BCUT2D eigenvalue weighted by molar-refractivity contribution is 0.387. The quantitative estimate of drug-likeness (QED) is 0.743. The molecule has 0 spiro atoms. The monoisotopic (exact) mass is 193 g/mol. The molecule has 0 aliphatic heterocycles. The van der Waals surface area contributed by atoms with Crippen molar-refractivity contribution in [2.75, 3.05) is 12.4 Å². The fourth-order valence-electron chi connectivity index (χ4n) is 1.04. The van der Waals surface area contributed by atoms with Gasteiger partial charge in [0, 0.05) is 11.8 Å². The molecule has 0 amide bonds. The summed E-state index contributed by atoms with van der Waals surface area (Å²) < 4.78 is 17.8. The highest BCUT2D eigenvalue weighted by Crippen LogP contribution is 2.21. The third-order valence-corrected chi connectivity index (χ3v) is 1.78. The number of halogens is 1. The summed E-state index contributed by atoms with van der Waals surface area (Å²) in [6.45, 7) is 1.84. The van der Waals surface area contributed by atoms with Crippen LogP contribution in [-0.2, 0) is 0 Å². The topological polar surface area (TPSA) is 21.3 Å². The minimum atomic E-state index is -0.383. The van der Waals surface area contributed by atoms with Crippen LogP contribution >= 0.6 is 0 Å². The molecule has 2 nitrogen and oxygen atoms in total. The molecule has 0 aromatic heterocycles. The van der Waals surface area contributed by atoms with Crippen molar-refractivity contribution in [1.82, 2.24) is 0 Å². The van der Waals surface area contributed by atoms with Gasteiger partial charge in [-0.25, -0.2) is 4.39 Å². The molecule has 1 N–H and O–H groups in total. The second kappa shape index (κ2) is 4.52. The Labute approximate surface area is 83.1 Å². The molecule has 0 aliphatic carbocycles. The maximum absolute atomic E-state index is 13.0. The molecule has 1 atom stereocenters. The van der Waals surface area contributed by atoms with Gasteiger partial charge in [-0.15, -0.1) is 6.42 Å². The number of nitrogens with one attached hydrogen (secondary N) is 1. The van der Waals surface area contributed by atoms with Crippen LogP contribution in [0.25, 0.3) is 0 Å². The van der Waals surface area contributed by atoms with E-state index in [2.05, 4.69) is 11.2 Å². The first-order valence-corrected chi connectivity index (χ1v) is 4.23. The summed E-state index contributed by atoms with van der Waals surface area (Å²) >= 11 is 0. The fraction of sp³-hybridized carbons (Fsp3) is 0.273. The van der Waals surface area contributed by atoms with Crippen LogP contribution in [0.5, 0.6) is 5.75 Å². The second-order valence-corrected chi connectivity index (χ2v) is 2.88. The second-order valence-electron chi connectivity index (χ2n) is 2.88. The minimum absolute atomic E-state index is 0.0924. The van der Waals surface area contributed by atoms with Crippen molar-refractivity contribution in [3.8, 4) is 18.1 Å². The standard InChI is InChI=1S/C11H12FNO/c1-4-8(2)13-9-5-6-10(12)11(7-9)14-3/h1,5-8,13H,2-3H3. The maximum Gasteiger partial charge on any atom is 0.165 e. The summed E-state index contributed by atoms with van der Waals surface area (Å²) in [7, 11) is 1.42. The molecule has 1 aromatic rings. The average molecular weight is 193 g/mol. The van der Waals surface area contributed by atoms with E-state index in [1.54, 1.807) is 12.1 Å². The van der Waals surface area contributed by atoms with E-state index in [1.165, 1.54) is 13.2 Å². The molecule has 0 aliphatic rings. The molecule has 74 valence electrons. The van der Waals surface area contributed by atoms with Crippen molar-refractivity contribution < 1.29 is 9.13 Å². The smallest absolute Gasteiger partial charge is 0.165 e. The highest BCUT2D eigenvalue weighted by molar-refractivity contribution is 5.50. The SMILES string of the molecule is C#CC(C)Nc1ccc(F)c(OC)c1. The molecular weight excluding hydrogens is 181 g/mol. The molecule has 0 heterocycles. The van der Waals surface area contributed by atoms with E-state index >= 15 is 0 Å². The summed E-state index contributed by atoms with van der Waals surface area (Å²) in [6, 6.07) is 4.43. The fourth-order valence-corrected chi connectivity index (χ4v) is 1.04. The Kier molecular flexibility index (Phi) is 3.35. The van der Waals surface area contributed by atoms with Crippen LogP contribution in [0.3, 0.4) is 0 Å². The first-order valence-electron chi connectivity index (χ1n) is 4.23. The summed E-state index contributed by atoms with van der Waals surface area (Å²) in [5, 5.41) is 3.01. The van der Waals surface area contributed by atoms with Crippen molar-refractivity contribution in [2.24, 2.45) is 0 Å². The molecule has 0 bridgehead atoms. The van der Waals surface area contributed by atoms with Gasteiger partial charge in [0.05, 0.1) is 13.2 Å². The maximum atomic E-state index is 13.0. The molecular formula is C11H12FNO. The Bertz CT molecular complexity index is 357. The Balaban J connectivity index is 2.85. The molecule has 1 rings (SSSR count). The van der Waals surface area contributed by atoms with Crippen LogP contribution in [0.4, 0.5) is 10.1 Å². The Morgan fingerprint density at radius 1 is 1.57 bits per heavy atom. The van der Waals surface area contributed by atoms with E-state index in [0.29, 0.717) is 0 Å². The van der Waals surface area contributed by atoms with Gasteiger partial charge in [0.2, 0.25) is 0 Å². The van der Waals surface area contributed by atoms with Crippen LogP contribution in [-0.4, -0.2) is 13.2 Å². The van der Waals surface area contributed by atoms with E-state index < -0.39 is 0 Å². The number of hydrogen-bond acceptors (Lipinski definition) is 2. The third kappa shape index (κ3) is 2.40. The zero-order chi connectivity index (χ0) is 10.6. The Morgan fingerprint density at radius 3 is 2.86 bits per heavy atom. The summed E-state index contributed by atoms with van der Waals surface area (Å²) in [6.07, 6.45) is 5.20. The van der Waals surface area contributed by atoms with Gasteiger partial charge >= 0.3 is 0 Å². The normalized spacial score (nSPS) is 11.6. The van der Waals surface area contributed by atoms with Crippen LogP contribution in [0.1, 0.15) is 6.92 Å². The zero-order valence-electron chi connectivity index (χ0n) is 8.17. The third-order valence-electron chi connectivity index (χ3n) is 1.78. The van der Waals surface area contributed by atoms with E-state index in [4.69, 9.17) is 11.2 Å². The van der Waals surface area contributed by atoms with E-state index in [-0.39, 0.29) is 17.6 Å². The van der Waals surface area contributed by atoms with Crippen LogP contribution in [0.2, 0.25) is 0 Å². The number of ether oxygens (including phenoxy) is 1. The number of hydrogen-bond donors (Lipinski definition) is 1. The Morgan fingerprint density at radius 2 is 2.29 bits per heavy atom. The van der Waals surface area contributed by atoms with Gasteiger partial charge in [0.25, 0.3) is 0 Å². The van der Waals surface area contributed by atoms with E-state index in [1.807, 2.05) is 6.92 Å². The number of terminal acetylenes is 1. The average Bonchev–Trinajstić information content (AvgIpc) is 2.20. The lowest BCUT2D eigenvalue weighted by Crippen LogP contribution is -2.11. The summed E-state index contributed by atoms with van der Waals surface area (Å²) in [5.74, 6) is 2.34. The summed E-state index contributed by atoms with van der Waals surface area (Å²) in [5.41, 5.74) is 0.744. The van der Waals surface area contributed by atoms with Gasteiger partial charge in [-0.2, -0.15) is 0 Å². The van der Waals surface area contributed by atoms with Crippen molar-refractivity contribution in [2.45, 2.75) is 13.0 Å². The van der Waals surface area contributed by atoms with Crippen molar-refractivity contribution >= 4 is 5.69 Å². The highest BCUT2D eigenvalue weighted by atomic mass is 19.1. The minimum Gasteiger partial charge on any atom is -0.494 e. The number of anilines is 1. The van der Waals surface area contributed by atoms with Gasteiger partial charge in [-0.1, -0.05) is 5.92 Å². The van der Waals surface area contributed by atoms with Gasteiger partial charge in [0.1, 0.15) is 0 Å². The lowest BCUT2D eigenvalue weighted by Gasteiger charge is -2.10. The van der Waals surface area contributed by atoms with Gasteiger partial charge in [-0.05, 0) is 19.1 Å². The number of methoxy groups -OCH3 is 1. The van der Waals surface area contributed by atoms with E-state index in [9.17, 15) is 4.39 Å². The van der Waals surface area contributed by atoms with Crippen molar-refractivity contribution in [1.29, 1.82) is 0 Å². The van der Waals surface area contributed by atoms with Crippen LogP contribution in [0, 0.1) is 18.2 Å². The molecule has 0 fully saturated rings. The molecule has 14 heavy (non-hydrogen) atoms. The molecule has 3 heteroatoms. The molecule has 0 radical (unpaired) electrons. The van der Waals surface area contributed by atoms with Gasteiger partial charge in [0.15, 0.2) is 11.6 Å². The van der Waals surface area contributed by atoms with Crippen molar-refractivity contribution in [3.05, 3.63) is 24.0 Å². The lowest BCUT2D eigenvalue weighted by atomic mass is 10.2.